The molecule has 128 valence electrons. The zero-order chi connectivity index (χ0) is 17.4. The fourth-order valence-electron chi connectivity index (χ4n) is 3.51. The first-order valence-electron chi connectivity index (χ1n) is 8.62. The zero-order valence-corrected chi connectivity index (χ0v) is 14.6. The fraction of sp³-hybridized carbons (Fsp3) is 0.300. The van der Waals surface area contributed by atoms with E-state index in [1.807, 2.05) is 46.7 Å². The summed E-state index contributed by atoms with van der Waals surface area (Å²) in [6.07, 6.45) is 1.85. The fourth-order valence-corrected chi connectivity index (χ4v) is 3.51. The lowest BCUT2D eigenvalue weighted by Gasteiger charge is -2.39. The van der Waals surface area contributed by atoms with Crippen LogP contribution in [-0.4, -0.2) is 51.8 Å². The maximum Gasteiger partial charge on any atom is 0.274 e. The molecule has 1 aliphatic rings. The summed E-state index contributed by atoms with van der Waals surface area (Å²) in [4.78, 5) is 21.8. The number of rotatable bonds is 2. The van der Waals surface area contributed by atoms with Crippen molar-refractivity contribution < 1.29 is 4.79 Å². The number of piperazine rings is 1. The van der Waals surface area contributed by atoms with E-state index < -0.39 is 0 Å². The predicted octanol–water partition coefficient (Wildman–Crippen LogP) is 2.77. The Morgan fingerprint density at radius 1 is 1.08 bits per heavy atom. The standard InChI is InChI=1S/C20H22N4O/c1-15-7-6-10-19-21-17(13-24(15)19)20(25)23-12-11-22(2)18(14-23)16-8-4-3-5-9-16/h3-10,13,18H,11-12,14H2,1-2H3. The third kappa shape index (κ3) is 2.91. The first kappa shape index (κ1) is 15.8. The van der Waals surface area contributed by atoms with E-state index in [9.17, 15) is 4.79 Å². The number of fused-ring (bicyclic) bond motifs is 1. The zero-order valence-electron chi connectivity index (χ0n) is 14.6. The smallest absolute Gasteiger partial charge is 0.274 e. The minimum Gasteiger partial charge on any atom is -0.334 e. The number of carbonyl (C=O) groups is 1. The molecule has 3 heterocycles. The molecule has 5 nitrogen and oxygen atoms in total. The molecule has 1 unspecified atom stereocenters. The lowest BCUT2D eigenvalue weighted by Crippen LogP contribution is -2.49. The van der Waals surface area contributed by atoms with E-state index in [0.717, 1.165) is 24.4 Å². The molecular formula is C20H22N4O. The number of hydrogen-bond acceptors (Lipinski definition) is 3. The van der Waals surface area contributed by atoms with Crippen LogP contribution in [0.25, 0.3) is 5.65 Å². The third-order valence-corrected chi connectivity index (χ3v) is 5.03. The molecule has 1 amide bonds. The summed E-state index contributed by atoms with van der Waals surface area (Å²) in [6.45, 7) is 4.29. The maximum absolute atomic E-state index is 13.0. The van der Waals surface area contributed by atoms with Gasteiger partial charge in [-0.3, -0.25) is 9.69 Å². The quantitative estimate of drug-likeness (QED) is 0.724. The van der Waals surface area contributed by atoms with Gasteiger partial charge in [0, 0.05) is 31.5 Å². The predicted molar refractivity (Wildman–Crippen MR) is 97.6 cm³/mol. The number of aromatic nitrogens is 2. The van der Waals surface area contributed by atoms with Crippen LogP contribution in [0.4, 0.5) is 0 Å². The molecule has 1 saturated heterocycles. The summed E-state index contributed by atoms with van der Waals surface area (Å²) in [7, 11) is 2.12. The Hall–Kier alpha value is -2.66. The number of nitrogens with zero attached hydrogens (tertiary/aromatic N) is 4. The minimum absolute atomic E-state index is 0.0112. The molecular weight excluding hydrogens is 312 g/mol. The van der Waals surface area contributed by atoms with Crippen molar-refractivity contribution in [3.63, 3.8) is 0 Å². The monoisotopic (exact) mass is 334 g/mol. The molecule has 0 radical (unpaired) electrons. The van der Waals surface area contributed by atoms with Crippen LogP contribution in [-0.2, 0) is 0 Å². The van der Waals surface area contributed by atoms with E-state index in [-0.39, 0.29) is 11.9 Å². The van der Waals surface area contributed by atoms with Crippen molar-refractivity contribution in [1.29, 1.82) is 0 Å². The normalized spacial score (nSPS) is 18.6. The highest BCUT2D eigenvalue weighted by molar-refractivity contribution is 5.93. The molecule has 4 rings (SSSR count). The summed E-state index contributed by atoms with van der Waals surface area (Å²) in [5, 5.41) is 0. The highest BCUT2D eigenvalue weighted by Crippen LogP contribution is 2.24. The number of likely N-dealkylation sites (N-methyl/N-ethyl adjacent to an activating group) is 1. The second kappa shape index (κ2) is 6.33. The summed E-state index contributed by atoms with van der Waals surface area (Å²) < 4.78 is 1.97. The summed E-state index contributed by atoms with van der Waals surface area (Å²) in [5.74, 6) is 0.0112. The Labute approximate surface area is 147 Å². The molecule has 5 heteroatoms. The average Bonchev–Trinajstić information content (AvgIpc) is 3.08. The number of carbonyl (C=O) groups excluding carboxylic acids is 1. The molecule has 3 aromatic rings. The molecule has 1 aliphatic heterocycles. The van der Waals surface area contributed by atoms with Gasteiger partial charge in [-0.15, -0.1) is 0 Å². The van der Waals surface area contributed by atoms with Gasteiger partial charge in [-0.1, -0.05) is 36.4 Å². The second-order valence-electron chi connectivity index (χ2n) is 6.68. The van der Waals surface area contributed by atoms with Crippen LogP contribution in [0.3, 0.4) is 0 Å². The van der Waals surface area contributed by atoms with Crippen molar-refractivity contribution in [2.45, 2.75) is 13.0 Å². The number of amides is 1. The van der Waals surface area contributed by atoms with Gasteiger partial charge in [0.25, 0.3) is 5.91 Å². The van der Waals surface area contributed by atoms with Gasteiger partial charge < -0.3 is 9.30 Å². The van der Waals surface area contributed by atoms with Crippen LogP contribution in [0, 0.1) is 6.92 Å². The number of aryl methyl sites for hydroxylation is 1. The van der Waals surface area contributed by atoms with E-state index in [0.29, 0.717) is 12.2 Å². The molecule has 0 N–H and O–H groups in total. The van der Waals surface area contributed by atoms with Crippen LogP contribution in [0.15, 0.2) is 54.7 Å². The molecule has 1 atom stereocenters. The first-order valence-corrected chi connectivity index (χ1v) is 8.62. The van der Waals surface area contributed by atoms with Gasteiger partial charge in [0.2, 0.25) is 0 Å². The third-order valence-electron chi connectivity index (χ3n) is 5.03. The molecule has 2 aromatic heterocycles. The molecule has 1 aromatic carbocycles. The van der Waals surface area contributed by atoms with Crippen molar-refractivity contribution in [3.8, 4) is 0 Å². The summed E-state index contributed by atoms with van der Waals surface area (Å²) >= 11 is 0. The molecule has 0 bridgehead atoms. The Morgan fingerprint density at radius 2 is 1.88 bits per heavy atom. The lowest BCUT2D eigenvalue weighted by atomic mass is 10.0. The van der Waals surface area contributed by atoms with Crippen LogP contribution < -0.4 is 0 Å². The first-order chi connectivity index (χ1) is 12.1. The van der Waals surface area contributed by atoms with Gasteiger partial charge in [0.05, 0.1) is 6.04 Å². The summed E-state index contributed by atoms with van der Waals surface area (Å²) in [6, 6.07) is 16.5. The highest BCUT2D eigenvalue weighted by Gasteiger charge is 2.29. The van der Waals surface area contributed by atoms with E-state index in [1.165, 1.54) is 5.56 Å². The Balaban J connectivity index is 1.60. The van der Waals surface area contributed by atoms with Gasteiger partial charge in [-0.25, -0.2) is 4.98 Å². The Kier molecular flexibility index (Phi) is 4.01. The van der Waals surface area contributed by atoms with Crippen molar-refractivity contribution >= 4 is 11.6 Å². The Morgan fingerprint density at radius 3 is 2.64 bits per heavy atom. The van der Waals surface area contributed by atoms with E-state index in [4.69, 9.17) is 0 Å². The minimum atomic E-state index is 0.0112. The van der Waals surface area contributed by atoms with Gasteiger partial charge in [0.15, 0.2) is 0 Å². The van der Waals surface area contributed by atoms with Crippen LogP contribution in [0.1, 0.15) is 27.8 Å². The van der Waals surface area contributed by atoms with E-state index >= 15 is 0 Å². The summed E-state index contributed by atoms with van der Waals surface area (Å²) in [5.41, 5.74) is 3.65. The lowest BCUT2D eigenvalue weighted by molar-refractivity contribution is 0.0541. The number of pyridine rings is 1. The SMILES string of the molecule is Cc1cccc2nc(C(=O)N3CCN(C)C(c4ccccc4)C3)cn12. The van der Waals surface area contributed by atoms with Crippen LogP contribution in [0.5, 0.6) is 0 Å². The van der Waals surface area contributed by atoms with Crippen molar-refractivity contribution in [3.05, 3.63) is 71.7 Å². The maximum atomic E-state index is 13.0. The molecule has 25 heavy (non-hydrogen) atoms. The van der Waals surface area contributed by atoms with Crippen molar-refractivity contribution in [2.24, 2.45) is 0 Å². The Bertz CT molecular complexity index is 902. The largest absolute Gasteiger partial charge is 0.334 e. The van der Waals surface area contributed by atoms with Crippen molar-refractivity contribution in [2.75, 3.05) is 26.7 Å². The highest BCUT2D eigenvalue weighted by atomic mass is 16.2. The topological polar surface area (TPSA) is 40.9 Å². The molecule has 0 saturated carbocycles. The molecule has 0 spiro atoms. The number of hydrogen-bond donors (Lipinski definition) is 0. The van der Waals surface area contributed by atoms with Gasteiger partial charge >= 0.3 is 0 Å². The molecule has 0 aliphatic carbocycles. The van der Waals surface area contributed by atoms with Crippen LogP contribution in [0.2, 0.25) is 0 Å². The van der Waals surface area contributed by atoms with E-state index in [2.05, 4.69) is 41.2 Å². The van der Waals surface area contributed by atoms with Gasteiger partial charge in [-0.05, 0) is 31.7 Å². The average molecular weight is 334 g/mol. The van der Waals surface area contributed by atoms with Gasteiger partial charge in [-0.2, -0.15) is 0 Å². The second-order valence-corrected chi connectivity index (χ2v) is 6.68. The number of imidazole rings is 1. The van der Waals surface area contributed by atoms with Crippen LogP contribution >= 0.6 is 0 Å². The molecule has 1 fully saturated rings. The number of benzene rings is 1. The van der Waals surface area contributed by atoms with Crippen molar-refractivity contribution in [1.82, 2.24) is 19.2 Å². The van der Waals surface area contributed by atoms with Gasteiger partial charge in [0.1, 0.15) is 11.3 Å². The van der Waals surface area contributed by atoms with E-state index in [1.54, 1.807) is 0 Å².